The Kier molecular flexibility index (Phi) is 5.31. The van der Waals surface area contributed by atoms with Crippen LogP contribution in [-0.4, -0.2) is 46.8 Å². The van der Waals surface area contributed by atoms with Crippen LogP contribution < -0.4 is 0 Å². The van der Waals surface area contributed by atoms with E-state index < -0.39 is 0 Å². The maximum absolute atomic E-state index is 12.5. The van der Waals surface area contributed by atoms with Crippen LogP contribution in [0.3, 0.4) is 0 Å². The van der Waals surface area contributed by atoms with Gasteiger partial charge in [0.05, 0.1) is 4.92 Å². The molecule has 0 atom stereocenters. The molecule has 3 rings (SSSR count). The van der Waals surface area contributed by atoms with E-state index in [1.165, 1.54) is 6.07 Å². The van der Waals surface area contributed by atoms with E-state index in [4.69, 9.17) is 11.6 Å². The van der Waals surface area contributed by atoms with Crippen LogP contribution in [0, 0.1) is 10.1 Å². The highest BCUT2D eigenvalue weighted by Gasteiger charge is 2.22. The third-order valence-electron chi connectivity index (χ3n) is 4.28. The van der Waals surface area contributed by atoms with Crippen LogP contribution >= 0.6 is 11.6 Å². The van der Waals surface area contributed by atoms with E-state index in [-0.39, 0.29) is 16.5 Å². The molecule has 130 valence electrons. The largest absolute Gasteiger partial charge is 0.336 e. The van der Waals surface area contributed by atoms with E-state index in [1.807, 2.05) is 11.0 Å². The standard InChI is InChI=1S/C18H18ClN3O3/c19-16-6-4-15(5-7-16)18(23)21-10-8-20(9-11-21)13-14-2-1-3-17(12-14)22(24)25/h1-7,12H,8-11,13H2. The Balaban J connectivity index is 1.56. The van der Waals surface area contributed by atoms with E-state index in [0.717, 1.165) is 18.7 Å². The number of nitro groups is 1. The Morgan fingerprint density at radius 3 is 2.40 bits per heavy atom. The SMILES string of the molecule is O=C(c1ccc(Cl)cc1)N1CCN(Cc2cccc([N+](=O)[O-])c2)CC1. The molecule has 2 aromatic carbocycles. The van der Waals surface area contributed by atoms with E-state index in [2.05, 4.69) is 4.90 Å². The molecule has 1 saturated heterocycles. The maximum Gasteiger partial charge on any atom is 0.269 e. The van der Waals surface area contributed by atoms with Crippen molar-refractivity contribution in [3.63, 3.8) is 0 Å². The van der Waals surface area contributed by atoms with Crippen molar-refractivity contribution < 1.29 is 9.72 Å². The number of carbonyl (C=O) groups excluding carboxylic acids is 1. The first kappa shape index (κ1) is 17.4. The molecule has 1 fully saturated rings. The Bertz CT molecular complexity index is 771. The summed E-state index contributed by atoms with van der Waals surface area (Å²) in [5, 5.41) is 11.5. The van der Waals surface area contributed by atoms with Gasteiger partial charge < -0.3 is 4.90 Å². The first-order valence-electron chi connectivity index (χ1n) is 8.03. The molecule has 0 aromatic heterocycles. The van der Waals surface area contributed by atoms with Crippen LogP contribution in [0.15, 0.2) is 48.5 Å². The van der Waals surface area contributed by atoms with Crippen LogP contribution in [0.1, 0.15) is 15.9 Å². The Labute approximate surface area is 150 Å². The van der Waals surface area contributed by atoms with E-state index in [0.29, 0.717) is 30.2 Å². The number of piperazine rings is 1. The first-order chi connectivity index (χ1) is 12.0. The summed E-state index contributed by atoms with van der Waals surface area (Å²) in [7, 11) is 0. The fraction of sp³-hybridized carbons (Fsp3) is 0.278. The lowest BCUT2D eigenvalue weighted by Crippen LogP contribution is -2.48. The van der Waals surface area contributed by atoms with Crippen molar-refractivity contribution >= 4 is 23.2 Å². The maximum atomic E-state index is 12.5. The number of nitro benzene ring substituents is 1. The van der Waals surface area contributed by atoms with Crippen LogP contribution in [0.4, 0.5) is 5.69 Å². The molecule has 0 saturated carbocycles. The number of halogens is 1. The van der Waals surface area contributed by atoms with Crippen molar-refractivity contribution in [2.45, 2.75) is 6.54 Å². The lowest BCUT2D eigenvalue weighted by molar-refractivity contribution is -0.384. The summed E-state index contributed by atoms with van der Waals surface area (Å²) >= 11 is 5.86. The third kappa shape index (κ3) is 4.35. The molecule has 0 N–H and O–H groups in total. The highest BCUT2D eigenvalue weighted by molar-refractivity contribution is 6.30. The number of hydrogen-bond donors (Lipinski definition) is 0. The predicted octanol–water partition coefficient (Wildman–Crippen LogP) is 3.21. The summed E-state index contributed by atoms with van der Waals surface area (Å²) in [5.74, 6) is 0.00617. The number of rotatable bonds is 4. The van der Waals surface area contributed by atoms with Crippen LogP contribution in [0.5, 0.6) is 0 Å². The molecule has 1 aliphatic rings. The smallest absolute Gasteiger partial charge is 0.269 e. The summed E-state index contributed by atoms with van der Waals surface area (Å²) in [6, 6.07) is 13.6. The Hall–Kier alpha value is -2.44. The minimum absolute atomic E-state index is 0.00617. The summed E-state index contributed by atoms with van der Waals surface area (Å²) in [6.45, 7) is 3.39. The second-order valence-electron chi connectivity index (χ2n) is 6.00. The quantitative estimate of drug-likeness (QED) is 0.621. The predicted molar refractivity (Wildman–Crippen MR) is 95.7 cm³/mol. The molecule has 0 bridgehead atoms. The second-order valence-corrected chi connectivity index (χ2v) is 6.44. The summed E-state index contributed by atoms with van der Waals surface area (Å²) in [5.41, 5.74) is 1.65. The zero-order chi connectivity index (χ0) is 17.8. The van der Waals surface area contributed by atoms with E-state index in [1.54, 1.807) is 36.4 Å². The minimum atomic E-state index is -0.383. The van der Waals surface area contributed by atoms with Gasteiger partial charge in [-0.25, -0.2) is 0 Å². The molecular formula is C18H18ClN3O3. The third-order valence-corrected chi connectivity index (χ3v) is 4.53. The molecule has 0 aliphatic carbocycles. The minimum Gasteiger partial charge on any atom is -0.336 e. The molecule has 0 radical (unpaired) electrons. The number of hydrogen-bond acceptors (Lipinski definition) is 4. The van der Waals surface area contributed by atoms with Crippen LogP contribution in [-0.2, 0) is 6.54 Å². The van der Waals surface area contributed by atoms with Gasteiger partial charge >= 0.3 is 0 Å². The summed E-state index contributed by atoms with van der Waals surface area (Å²) in [6.07, 6.45) is 0. The van der Waals surface area contributed by atoms with Crippen molar-refractivity contribution in [2.24, 2.45) is 0 Å². The van der Waals surface area contributed by atoms with Gasteiger partial charge in [0.25, 0.3) is 11.6 Å². The van der Waals surface area contributed by atoms with Crippen molar-refractivity contribution in [1.82, 2.24) is 9.80 Å². The highest BCUT2D eigenvalue weighted by atomic mass is 35.5. The molecule has 1 amide bonds. The molecule has 7 heteroatoms. The molecule has 0 spiro atoms. The van der Waals surface area contributed by atoms with Gasteiger partial charge in [0.2, 0.25) is 0 Å². The van der Waals surface area contributed by atoms with Crippen LogP contribution in [0.25, 0.3) is 0 Å². The average molecular weight is 360 g/mol. The number of amides is 1. The molecule has 0 unspecified atom stereocenters. The van der Waals surface area contributed by atoms with Gasteiger partial charge in [0, 0.05) is 55.4 Å². The van der Waals surface area contributed by atoms with Crippen molar-refractivity contribution in [1.29, 1.82) is 0 Å². The molecule has 1 aliphatic heterocycles. The van der Waals surface area contributed by atoms with Crippen molar-refractivity contribution in [3.8, 4) is 0 Å². The lowest BCUT2D eigenvalue weighted by Gasteiger charge is -2.34. The Morgan fingerprint density at radius 2 is 1.76 bits per heavy atom. The summed E-state index contributed by atoms with van der Waals surface area (Å²) in [4.78, 5) is 27.0. The van der Waals surface area contributed by atoms with Gasteiger partial charge in [-0.1, -0.05) is 23.7 Å². The normalized spacial score (nSPS) is 15.2. The lowest BCUT2D eigenvalue weighted by atomic mass is 10.1. The highest BCUT2D eigenvalue weighted by Crippen LogP contribution is 2.17. The van der Waals surface area contributed by atoms with Gasteiger partial charge in [0.15, 0.2) is 0 Å². The molecule has 25 heavy (non-hydrogen) atoms. The molecule has 6 nitrogen and oxygen atoms in total. The van der Waals surface area contributed by atoms with Gasteiger partial charge in [-0.15, -0.1) is 0 Å². The van der Waals surface area contributed by atoms with Gasteiger partial charge in [-0.3, -0.25) is 19.8 Å². The summed E-state index contributed by atoms with van der Waals surface area (Å²) < 4.78 is 0. The van der Waals surface area contributed by atoms with Gasteiger partial charge in [-0.2, -0.15) is 0 Å². The Morgan fingerprint density at radius 1 is 1.08 bits per heavy atom. The van der Waals surface area contributed by atoms with Gasteiger partial charge in [-0.05, 0) is 29.8 Å². The first-order valence-corrected chi connectivity index (χ1v) is 8.41. The topological polar surface area (TPSA) is 66.7 Å². The van der Waals surface area contributed by atoms with Gasteiger partial charge in [0.1, 0.15) is 0 Å². The van der Waals surface area contributed by atoms with E-state index >= 15 is 0 Å². The zero-order valence-electron chi connectivity index (χ0n) is 13.6. The number of non-ortho nitro benzene ring substituents is 1. The van der Waals surface area contributed by atoms with E-state index in [9.17, 15) is 14.9 Å². The second kappa shape index (κ2) is 7.63. The molecule has 1 heterocycles. The number of nitrogens with zero attached hydrogens (tertiary/aromatic N) is 3. The number of benzene rings is 2. The molecule has 2 aromatic rings. The van der Waals surface area contributed by atoms with Crippen molar-refractivity contribution in [3.05, 3.63) is 74.8 Å². The van der Waals surface area contributed by atoms with Crippen molar-refractivity contribution in [2.75, 3.05) is 26.2 Å². The molecular weight excluding hydrogens is 342 g/mol. The van der Waals surface area contributed by atoms with Crippen LogP contribution in [0.2, 0.25) is 5.02 Å². The average Bonchev–Trinajstić information content (AvgIpc) is 2.63. The monoisotopic (exact) mass is 359 g/mol. The fourth-order valence-corrected chi connectivity index (χ4v) is 3.04. The fourth-order valence-electron chi connectivity index (χ4n) is 2.91. The zero-order valence-corrected chi connectivity index (χ0v) is 14.4. The number of carbonyl (C=O) groups is 1.